The standard InChI is InChI=1S/C9H9NO2S/c1-10-3-8(12)7-2-6(5-11)13-9(7)4-10/h2,5H,3-4H2,1H3. The Bertz CT molecular complexity index is 370. The molecule has 0 aliphatic carbocycles. The summed E-state index contributed by atoms with van der Waals surface area (Å²) >= 11 is 1.41. The average molecular weight is 195 g/mol. The van der Waals surface area contributed by atoms with Crippen LogP contribution in [0.2, 0.25) is 0 Å². The molecule has 0 amide bonds. The van der Waals surface area contributed by atoms with E-state index in [2.05, 4.69) is 0 Å². The Morgan fingerprint density at radius 2 is 2.31 bits per heavy atom. The fourth-order valence-electron chi connectivity index (χ4n) is 1.49. The summed E-state index contributed by atoms with van der Waals surface area (Å²) in [6.07, 6.45) is 0.802. The van der Waals surface area contributed by atoms with Gasteiger partial charge in [-0.2, -0.15) is 0 Å². The zero-order chi connectivity index (χ0) is 9.42. The van der Waals surface area contributed by atoms with Gasteiger partial charge in [-0.15, -0.1) is 11.3 Å². The summed E-state index contributed by atoms with van der Waals surface area (Å²) in [7, 11) is 1.90. The van der Waals surface area contributed by atoms with Gasteiger partial charge >= 0.3 is 0 Å². The molecule has 1 aliphatic rings. The van der Waals surface area contributed by atoms with Crippen molar-refractivity contribution >= 4 is 23.4 Å². The van der Waals surface area contributed by atoms with Crippen molar-refractivity contribution in [1.29, 1.82) is 0 Å². The Kier molecular flexibility index (Phi) is 2.01. The number of likely N-dealkylation sites (N-methyl/N-ethyl adjacent to an activating group) is 1. The molecule has 68 valence electrons. The molecular formula is C9H9NO2S. The van der Waals surface area contributed by atoms with E-state index in [9.17, 15) is 9.59 Å². The minimum Gasteiger partial charge on any atom is -0.297 e. The van der Waals surface area contributed by atoms with Gasteiger partial charge in [-0.1, -0.05) is 0 Å². The van der Waals surface area contributed by atoms with Crippen molar-refractivity contribution in [3.05, 3.63) is 21.4 Å². The van der Waals surface area contributed by atoms with Crippen molar-refractivity contribution in [2.24, 2.45) is 0 Å². The first-order chi connectivity index (χ1) is 6.20. The van der Waals surface area contributed by atoms with Crippen molar-refractivity contribution in [3.8, 4) is 0 Å². The molecule has 1 aliphatic heterocycles. The third kappa shape index (κ3) is 1.43. The van der Waals surface area contributed by atoms with Gasteiger partial charge in [-0.3, -0.25) is 14.5 Å². The first-order valence-electron chi connectivity index (χ1n) is 4.00. The van der Waals surface area contributed by atoms with E-state index in [1.54, 1.807) is 6.07 Å². The molecule has 0 fully saturated rings. The molecule has 0 saturated carbocycles. The summed E-state index contributed by atoms with van der Waals surface area (Å²) < 4.78 is 0. The minimum atomic E-state index is 0.119. The normalized spacial score (nSPS) is 17.2. The molecule has 0 aromatic carbocycles. The monoisotopic (exact) mass is 195 g/mol. The molecule has 2 rings (SSSR count). The maximum absolute atomic E-state index is 11.5. The van der Waals surface area contributed by atoms with Gasteiger partial charge in [-0.25, -0.2) is 0 Å². The van der Waals surface area contributed by atoms with Crippen LogP contribution in [0.4, 0.5) is 0 Å². The van der Waals surface area contributed by atoms with E-state index < -0.39 is 0 Å². The molecule has 4 heteroatoms. The largest absolute Gasteiger partial charge is 0.297 e. The SMILES string of the molecule is CN1CC(=O)c2cc(C=O)sc2C1. The Balaban J connectivity index is 2.46. The average Bonchev–Trinajstić information content (AvgIpc) is 2.47. The van der Waals surface area contributed by atoms with Gasteiger partial charge in [0.1, 0.15) is 0 Å². The summed E-state index contributed by atoms with van der Waals surface area (Å²) in [6.45, 7) is 1.24. The number of carbonyl (C=O) groups excluding carboxylic acids is 2. The number of fused-ring (bicyclic) bond motifs is 1. The van der Waals surface area contributed by atoms with Crippen LogP contribution in [0, 0.1) is 0 Å². The molecular weight excluding hydrogens is 186 g/mol. The number of rotatable bonds is 1. The van der Waals surface area contributed by atoms with E-state index in [4.69, 9.17) is 0 Å². The lowest BCUT2D eigenvalue weighted by Gasteiger charge is -2.20. The molecule has 0 spiro atoms. The van der Waals surface area contributed by atoms with Crippen LogP contribution in [-0.2, 0) is 6.54 Å². The predicted molar refractivity (Wildman–Crippen MR) is 50.4 cm³/mol. The van der Waals surface area contributed by atoms with Gasteiger partial charge in [0.2, 0.25) is 0 Å². The third-order valence-electron chi connectivity index (χ3n) is 2.07. The van der Waals surface area contributed by atoms with E-state index in [1.807, 2.05) is 11.9 Å². The van der Waals surface area contributed by atoms with Gasteiger partial charge in [0.05, 0.1) is 11.4 Å². The Morgan fingerprint density at radius 3 is 3.00 bits per heavy atom. The second-order valence-corrected chi connectivity index (χ2v) is 4.37. The van der Waals surface area contributed by atoms with Crippen LogP contribution in [0.3, 0.4) is 0 Å². The molecule has 3 nitrogen and oxygen atoms in total. The van der Waals surface area contributed by atoms with E-state index in [1.165, 1.54) is 11.3 Å². The van der Waals surface area contributed by atoms with E-state index in [0.29, 0.717) is 11.4 Å². The fraction of sp³-hybridized carbons (Fsp3) is 0.333. The molecule has 0 saturated heterocycles. The highest BCUT2D eigenvalue weighted by Gasteiger charge is 2.23. The predicted octanol–water partition coefficient (Wildman–Crippen LogP) is 1.19. The first-order valence-corrected chi connectivity index (χ1v) is 4.82. The molecule has 2 heterocycles. The number of nitrogens with zero attached hydrogens (tertiary/aromatic N) is 1. The van der Waals surface area contributed by atoms with E-state index in [0.717, 1.165) is 23.3 Å². The minimum absolute atomic E-state index is 0.119. The van der Waals surface area contributed by atoms with Gasteiger partial charge in [0.25, 0.3) is 0 Å². The van der Waals surface area contributed by atoms with Crippen LogP contribution in [0.25, 0.3) is 0 Å². The van der Waals surface area contributed by atoms with Crippen LogP contribution < -0.4 is 0 Å². The first kappa shape index (κ1) is 8.59. The van der Waals surface area contributed by atoms with Crippen LogP contribution in [0.15, 0.2) is 6.07 Å². The summed E-state index contributed by atoms with van der Waals surface area (Å²) in [5.41, 5.74) is 0.741. The molecule has 13 heavy (non-hydrogen) atoms. The molecule has 0 bridgehead atoms. The van der Waals surface area contributed by atoms with E-state index >= 15 is 0 Å². The number of carbonyl (C=O) groups is 2. The summed E-state index contributed by atoms with van der Waals surface area (Å²) in [4.78, 5) is 25.6. The maximum Gasteiger partial charge on any atom is 0.178 e. The topological polar surface area (TPSA) is 37.4 Å². The van der Waals surface area contributed by atoms with Crippen molar-refractivity contribution in [3.63, 3.8) is 0 Å². The van der Waals surface area contributed by atoms with E-state index in [-0.39, 0.29) is 5.78 Å². The Labute approximate surface area is 80.0 Å². The third-order valence-corrected chi connectivity index (χ3v) is 3.12. The molecule has 0 unspecified atom stereocenters. The summed E-state index contributed by atoms with van der Waals surface area (Å²) in [6, 6.07) is 1.70. The highest BCUT2D eigenvalue weighted by atomic mass is 32.1. The second-order valence-electron chi connectivity index (χ2n) is 3.20. The number of hydrogen-bond donors (Lipinski definition) is 0. The summed E-state index contributed by atoms with van der Waals surface area (Å²) in [5.74, 6) is 0.119. The molecule has 0 N–H and O–H groups in total. The second kappa shape index (κ2) is 3.05. The lowest BCUT2D eigenvalue weighted by atomic mass is 10.1. The van der Waals surface area contributed by atoms with Crippen molar-refractivity contribution in [1.82, 2.24) is 4.90 Å². The Morgan fingerprint density at radius 1 is 1.54 bits per heavy atom. The smallest absolute Gasteiger partial charge is 0.178 e. The zero-order valence-corrected chi connectivity index (χ0v) is 8.06. The van der Waals surface area contributed by atoms with Gasteiger partial charge in [0, 0.05) is 17.0 Å². The fourth-order valence-corrected chi connectivity index (χ4v) is 2.57. The van der Waals surface area contributed by atoms with Gasteiger partial charge < -0.3 is 0 Å². The number of Topliss-reactive ketones (excluding diaryl/α,β-unsaturated/α-hetero) is 1. The molecule has 0 atom stereocenters. The number of aldehydes is 1. The van der Waals surface area contributed by atoms with Crippen LogP contribution in [-0.4, -0.2) is 30.6 Å². The van der Waals surface area contributed by atoms with Crippen LogP contribution in [0.5, 0.6) is 0 Å². The highest BCUT2D eigenvalue weighted by molar-refractivity contribution is 7.14. The van der Waals surface area contributed by atoms with Gasteiger partial charge in [-0.05, 0) is 13.1 Å². The number of ketones is 1. The highest BCUT2D eigenvalue weighted by Crippen LogP contribution is 2.26. The van der Waals surface area contributed by atoms with Crippen molar-refractivity contribution < 1.29 is 9.59 Å². The lowest BCUT2D eigenvalue weighted by Crippen LogP contribution is -2.30. The van der Waals surface area contributed by atoms with Crippen LogP contribution in [0.1, 0.15) is 24.9 Å². The quantitative estimate of drug-likeness (QED) is 0.632. The zero-order valence-electron chi connectivity index (χ0n) is 7.24. The summed E-state index contributed by atoms with van der Waals surface area (Å²) in [5, 5.41) is 0. The maximum atomic E-state index is 11.5. The van der Waals surface area contributed by atoms with Crippen molar-refractivity contribution in [2.75, 3.05) is 13.6 Å². The molecule has 0 radical (unpaired) electrons. The van der Waals surface area contributed by atoms with Gasteiger partial charge in [0.15, 0.2) is 12.1 Å². The number of hydrogen-bond acceptors (Lipinski definition) is 4. The van der Waals surface area contributed by atoms with Crippen LogP contribution >= 0.6 is 11.3 Å². The van der Waals surface area contributed by atoms with Crippen molar-refractivity contribution in [2.45, 2.75) is 6.54 Å². The molecule has 1 aromatic rings. The lowest BCUT2D eigenvalue weighted by molar-refractivity contribution is 0.0925. The molecule has 1 aromatic heterocycles. The Hall–Kier alpha value is -1.00. The number of thiophene rings is 1.